The number of nitrogens with zero attached hydrogens (tertiary/aromatic N) is 1. The summed E-state index contributed by atoms with van der Waals surface area (Å²) >= 11 is 6.12. The minimum Gasteiger partial charge on any atom is -0.340 e. The molecule has 31 heavy (non-hydrogen) atoms. The van der Waals surface area contributed by atoms with E-state index in [4.69, 9.17) is 11.6 Å². The molecule has 9 heteroatoms. The average Bonchev–Trinajstić information content (AvgIpc) is 3.12. The van der Waals surface area contributed by atoms with Crippen molar-refractivity contribution in [2.45, 2.75) is 16.3 Å². The van der Waals surface area contributed by atoms with E-state index in [2.05, 4.69) is 20.6 Å². The summed E-state index contributed by atoms with van der Waals surface area (Å²) < 4.78 is 26.8. The Morgan fingerprint density at radius 3 is 2.61 bits per heavy atom. The minimum atomic E-state index is -3.91. The number of hydrogen-bond acceptors (Lipinski definition) is 5. The predicted molar refractivity (Wildman–Crippen MR) is 120 cm³/mol. The van der Waals surface area contributed by atoms with Crippen molar-refractivity contribution in [3.63, 3.8) is 0 Å². The van der Waals surface area contributed by atoms with Crippen LogP contribution in [0, 0.1) is 0 Å². The molecule has 2 aromatic carbocycles. The van der Waals surface area contributed by atoms with E-state index in [-0.39, 0.29) is 28.1 Å². The molecule has 1 amide bonds. The van der Waals surface area contributed by atoms with Crippen LogP contribution in [0.3, 0.4) is 0 Å². The van der Waals surface area contributed by atoms with Gasteiger partial charge in [-0.05, 0) is 42.0 Å². The van der Waals surface area contributed by atoms with Crippen LogP contribution in [0.1, 0.15) is 5.56 Å². The van der Waals surface area contributed by atoms with E-state index in [1.54, 1.807) is 48.8 Å². The number of anilines is 1. The highest BCUT2D eigenvalue weighted by Crippen LogP contribution is 2.36. The summed E-state index contributed by atoms with van der Waals surface area (Å²) in [6, 6.07) is 16.7. The molecule has 0 atom stereocenters. The van der Waals surface area contributed by atoms with Crippen LogP contribution in [-0.4, -0.2) is 30.8 Å². The number of aromatic nitrogens is 2. The Bertz CT molecular complexity index is 1320. The predicted octanol–water partition coefficient (Wildman–Crippen LogP) is 3.78. The Hall–Kier alpha value is -3.20. The maximum Gasteiger partial charge on any atom is 0.239 e. The molecular weight excluding hydrogens is 436 g/mol. The first kappa shape index (κ1) is 21.0. The standard InChI is InChI=1S/C22H19ClN4O3S/c23-16-8-9-19-18(11-16)21(31(29,30)17-6-2-1-3-7-17)22(26-19)27-20(28)14-25-13-15-5-4-10-24-12-15/h1-12,25-26H,13-14H2,(H,27,28). The smallest absolute Gasteiger partial charge is 0.239 e. The number of hydrogen-bond donors (Lipinski definition) is 3. The first-order chi connectivity index (χ1) is 14.9. The number of nitrogens with one attached hydrogen (secondary N) is 3. The molecule has 3 N–H and O–H groups in total. The van der Waals surface area contributed by atoms with Crippen LogP contribution >= 0.6 is 11.6 Å². The fourth-order valence-corrected chi connectivity index (χ4v) is 4.98. The van der Waals surface area contributed by atoms with Gasteiger partial charge in [-0.25, -0.2) is 8.42 Å². The topological polar surface area (TPSA) is 104 Å². The van der Waals surface area contributed by atoms with E-state index in [9.17, 15) is 13.2 Å². The number of rotatable bonds is 7. The third-order valence-electron chi connectivity index (χ3n) is 4.64. The average molecular weight is 455 g/mol. The highest BCUT2D eigenvalue weighted by molar-refractivity contribution is 7.92. The van der Waals surface area contributed by atoms with Gasteiger partial charge in [-0.3, -0.25) is 9.78 Å². The van der Waals surface area contributed by atoms with E-state index >= 15 is 0 Å². The van der Waals surface area contributed by atoms with Crippen molar-refractivity contribution in [2.24, 2.45) is 0 Å². The largest absolute Gasteiger partial charge is 0.340 e. The second kappa shape index (κ2) is 8.89. The Morgan fingerprint density at radius 1 is 1.06 bits per heavy atom. The molecule has 0 radical (unpaired) electrons. The molecule has 0 aliphatic rings. The molecular formula is C22H19ClN4O3S. The molecule has 2 aromatic heterocycles. The van der Waals surface area contributed by atoms with E-state index in [1.165, 1.54) is 12.1 Å². The number of amides is 1. The number of carbonyl (C=O) groups excluding carboxylic acids is 1. The summed E-state index contributed by atoms with van der Waals surface area (Å²) in [5.74, 6) is -0.277. The summed E-state index contributed by atoms with van der Waals surface area (Å²) in [6.07, 6.45) is 3.38. The summed E-state index contributed by atoms with van der Waals surface area (Å²) in [6.45, 7) is 0.453. The van der Waals surface area contributed by atoms with Gasteiger partial charge in [0.2, 0.25) is 15.7 Å². The quantitative estimate of drug-likeness (QED) is 0.394. The number of carbonyl (C=O) groups is 1. The maximum absolute atomic E-state index is 13.4. The van der Waals surface area contributed by atoms with Crippen LogP contribution in [0.25, 0.3) is 10.9 Å². The Kier molecular flexibility index (Phi) is 6.03. The monoisotopic (exact) mass is 454 g/mol. The number of fused-ring (bicyclic) bond motifs is 1. The van der Waals surface area contributed by atoms with Crippen LogP contribution in [-0.2, 0) is 21.2 Å². The van der Waals surface area contributed by atoms with Crippen molar-refractivity contribution >= 4 is 44.1 Å². The SMILES string of the molecule is O=C(CNCc1cccnc1)Nc1[nH]c2ccc(Cl)cc2c1S(=O)(=O)c1ccccc1. The van der Waals surface area contributed by atoms with Crippen LogP contribution in [0.5, 0.6) is 0 Å². The lowest BCUT2D eigenvalue weighted by Crippen LogP contribution is -2.28. The van der Waals surface area contributed by atoms with Gasteiger partial charge in [0, 0.05) is 34.9 Å². The van der Waals surface area contributed by atoms with Gasteiger partial charge in [0.05, 0.1) is 11.4 Å². The van der Waals surface area contributed by atoms with Gasteiger partial charge in [-0.1, -0.05) is 35.9 Å². The normalized spacial score (nSPS) is 11.5. The van der Waals surface area contributed by atoms with Crippen molar-refractivity contribution in [2.75, 3.05) is 11.9 Å². The zero-order valence-corrected chi connectivity index (χ0v) is 17.9. The molecule has 4 aromatic rings. The number of pyridine rings is 1. The second-order valence-corrected chi connectivity index (χ2v) is 9.17. The molecule has 0 saturated heterocycles. The molecule has 0 aliphatic carbocycles. The molecule has 4 rings (SSSR count). The van der Waals surface area contributed by atoms with Gasteiger partial charge in [0.15, 0.2) is 0 Å². The van der Waals surface area contributed by atoms with Crippen molar-refractivity contribution < 1.29 is 13.2 Å². The van der Waals surface area contributed by atoms with Crippen LogP contribution in [0.4, 0.5) is 5.82 Å². The number of halogens is 1. The Morgan fingerprint density at radius 2 is 1.87 bits per heavy atom. The highest BCUT2D eigenvalue weighted by atomic mass is 35.5. The molecule has 0 aliphatic heterocycles. The zero-order chi connectivity index (χ0) is 21.8. The molecule has 0 bridgehead atoms. The fourth-order valence-electron chi connectivity index (χ4n) is 3.23. The third kappa shape index (κ3) is 4.61. The molecule has 0 fully saturated rings. The Labute approximate surface area is 184 Å². The van der Waals surface area contributed by atoms with Gasteiger partial charge in [0.25, 0.3) is 0 Å². The molecule has 0 saturated carbocycles. The molecule has 158 valence electrons. The van der Waals surface area contributed by atoms with E-state index < -0.39 is 9.84 Å². The lowest BCUT2D eigenvalue weighted by Gasteiger charge is -2.09. The second-order valence-electron chi connectivity index (χ2n) is 6.85. The summed E-state index contributed by atoms with van der Waals surface area (Å²) in [5, 5.41) is 6.51. The van der Waals surface area contributed by atoms with E-state index in [1.807, 2.05) is 12.1 Å². The van der Waals surface area contributed by atoms with Crippen LogP contribution in [0.2, 0.25) is 5.02 Å². The zero-order valence-electron chi connectivity index (χ0n) is 16.3. The lowest BCUT2D eigenvalue weighted by molar-refractivity contribution is -0.115. The number of benzene rings is 2. The van der Waals surface area contributed by atoms with Crippen molar-refractivity contribution in [1.82, 2.24) is 15.3 Å². The van der Waals surface area contributed by atoms with Gasteiger partial charge < -0.3 is 15.6 Å². The fraction of sp³-hybridized carbons (Fsp3) is 0.0909. The van der Waals surface area contributed by atoms with Gasteiger partial charge >= 0.3 is 0 Å². The highest BCUT2D eigenvalue weighted by Gasteiger charge is 2.27. The molecule has 0 spiro atoms. The van der Waals surface area contributed by atoms with Gasteiger partial charge in [-0.2, -0.15) is 0 Å². The van der Waals surface area contributed by atoms with E-state index in [0.29, 0.717) is 22.5 Å². The summed E-state index contributed by atoms with van der Waals surface area (Å²) in [5.41, 5.74) is 1.49. The Balaban J connectivity index is 1.63. The number of aromatic amines is 1. The van der Waals surface area contributed by atoms with Crippen molar-refractivity contribution in [1.29, 1.82) is 0 Å². The minimum absolute atomic E-state index is 0.00413. The molecule has 0 unspecified atom stereocenters. The van der Waals surface area contributed by atoms with Crippen LogP contribution in [0.15, 0.2) is 82.8 Å². The van der Waals surface area contributed by atoms with Gasteiger partial charge in [-0.15, -0.1) is 0 Å². The first-order valence-electron chi connectivity index (χ1n) is 9.46. The number of sulfone groups is 1. The summed E-state index contributed by atoms with van der Waals surface area (Å²) in [7, 11) is -3.91. The van der Waals surface area contributed by atoms with Crippen molar-refractivity contribution in [3.8, 4) is 0 Å². The summed E-state index contributed by atoms with van der Waals surface area (Å²) in [4.78, 5) is 19.7. The van der Waals surface area contributed by atoms with Crippen molar-refractivity contribution in [3.05, 3.63) is 83.6 Å². The maximum atomic E-state index is 13.4. The molecule has 7 nitrogen and oxygen atoms in total. The third-order valence-corrected chi connectivity index (χ3v) is 6.73. The molecule has 2 heterocycles. The van der Waals surface area contributed by atoms with E-state index in [0.717, 1.165) is 5.56 Å². The number of H-pyrrole nitrogens is 1. The lowest BCUT2D eigenvalue weighted by atomic mass is 10.2. The van der Waals surface area contributed by atoms with Crippen LogP contribution < -0.4 is 10.6 Å². The first-order valence-corrected chi connectivity index (χ1v) is 11.3. The van der Waals surface area contributed by atoms with Gasteiger partial charge in [0.1, 0.15) is 10.7 Å².